The molecular formula is C25H32N2O5. The molecule has 1 N–H and O–H groups in total. The third kappa shape index (κ3) is 2.28. The molecule has 2 fully saturated rings. The molecule has 172 valence electrons. The van der Waals surface area contributed by atoms with Crippen LogP contribution in [0.1, 0.15) is 37.8 Å². The lowest BCUT2D eigenvalue weighted by molar-refractivity contribution is -0.228. The lowest BCUT2D eigenvalue weighted by atomic mass is 9.47. The van der Waals surface area contributed by atoms with Crippen molar-refractivity contribution in [2.75, 3.05) is 32.1 Å². The number of carbonyl (C=O) groups is 2. The molecule has 32 heavy (non-hydrogen) atoms. The van der Waals surface area contributed by atoms with E-state index in [1.807, 2.05) is 25.8 Å². The number of rotatable bonds is 3. The number of methoxy groups -OCH3 is 1. The van der Waals surface area contributed by atoms with Crippen LogP contribution in [0.2, 0.25) is 0 Å². The van der Waals surface area contributed by atoms with Gasteiger partial charge in [0.15, 0.2) is 6.10 Å². The first kappa shape index (κ1) is 21.5. The summed E-state index contributed by atoms with van der Waals surface area (Å²) in [5.74, 6) is -1.27. The summed E-state index contributed by atoms with van der Waals surface area (Å²) >= 11 is 0. The summed E-state index contributed by atoms with van der Waals surface area (Å²) in [5.41, 5.74) is 0.0171. The van der Waals surface area contributed by atoms with E-state index in [-0.39, 0.29) is 6.04 Å². The van der Waals surface area contributed by atoms with Crippen molar-refractivity contribution in [2.45, 2.75) is 62.8 Å². The van der Waals surface area contributed by atoms with Crippen LogP contribution >= 0.6 is 0 Å². The zero-order valence-electron chi connectivity index (χ0n) is 19.4. The van der Waals surface area contributed by atoms with E-state index in [2.05, 4.69) is 35.3 Å². The van der Waals surface area contributed by atoms with Gasteiger partial charge < -0.3 is 19.5 Å². The maximum atomic E-state index is 13.5. The van der Waals surface area contributed by atoms with Gasteiger partial charge >= 0.3 is 11.9 Å². The van der Waals surface area contributed by atoms with Crippen LogP contribution in [0.5, 0.6) is 0 Å². The van der Waals surface area contributed by atoms with Crippen LogP contribution in [-0.4, -0.2) is 73.0 Å². The molecule has 3 aliphatic heterocycles. The van der Waals surface area contributed by atoms with Crippen LogP contribution in [-0.2, 0) is 24.5 Å². The van der Waals surface area contributed by atoms with E-state index in [1.165, 1.54) is 14.0 Å². The highest BCUT2D eigenvalue weighted by Crippen LogP contribution is 2.67. The summed E-state index contributed by atoms with van der Waals surface area (Å²) in [4.78, 5) is 30.2. The fourth-order valence-corrected chi connectivity index (χ4v) is 7.68. The minimum atomic E-state index is -2.04. The molecule has 5 rings (SSSR count). The van der Waals surface area contributed by atoms with Crippen molar-refractivity contribution < 1.29 is 24.2 Å². The molecule has 1 spiro atoms. The Bertz CT molecular complexity index is 1020. The van der Waals surface area contributed by atoms with Gasteiger partial charge in [0.2, 0.25) is 5.60 Å². The highest BCUT2D eigenvalue weighted by Gasteiger charge is 2.80. The normalized spacial score (nSPS) is 39.3. The van der Waals surface area contributed by atoms with Crippen molar-refractivity contribution in [3.8, 4) is 0 Å². The first-order valence-corrected chi connectivity index (χ1v) is 11.4. The molecule has 0 radical (unpaired) electrons. The Morgan fingerprint density at radius 3 is 2.69 bits per heavy atom. The molecule has 1 aromatic carbocycles. The van der Waals surface area contributed by atoms with Crippen LogP contribution in [0.15, 0.2) is 30.4 Å². The zero-order chi connectivity index (χ0) is 23.1. The summed E-state index contributed by atoms with van der Waals surface area (Å²) in [6.45, 7) is 7.07. The fourth-order valence-electron chi connectivity index (χ4n) is 7.68. The number of esters is 2. The van der Waals surface area contributed by atoms with E-state index in [0.29, 0.717) is 6.42 Å². The molecule has 2 unspecified atom stereocenters. The summed E-state index contributed by atoms with van der Waals surface area (Å²) in [5, 5.41) is 12.4. The second-order valence-corrected chi connectivity index (χ2v) is 9.90. The summed E-state index contributed by atoms with van der Waals surface area (Å²) in [6.07, 6.45) is 4.52. The molecule has 4 aliphatic rings. The Kier molecular flexibility index (Phi) is 4.57. The molecule has 0 aromatic heterocycles. The minimum absolute atomic E-state index is 0.0179. The van der Waals surface area contributed by atoms with Crippen LogP contribution < -0.4 is 4.90 Å². The molecule has 1 aromatic rings. The van der Waals surface area contributed by atoms with Crippen molar-refractivity contribution >= 4 is 17.6 Å². The van der Waals surface area contributed by atoms with Gasteiger partial charge in [-0.15, -0.1) is 0 Å². The smallest absolute Gasteiger partial charge is 0.344 e. The van der Waals surface area contributed by atoms with Gasteiger partial charge in [0.05, 0.1) is 13.2 Å². The van der Waals surface area contributed by atoms with Crippen LogP contribution in [0, 0.1) is 12.3 Å². The fraction of sp³-hybridized carbons (Fsp3) is 0.600. The van der Waals surface area contributed by atoms with Crippen molar-refractivity contribution in [3.05, 3.63) is 41.5 Å². The number of aryl methyl sites for hydroxylation is 1. The van der Waals surface area contributed by atoms with Crippen molar-refractivity contribution in [2.24, 2.45) is 5.41 Å². The van der Waals surface area contributed by atoms with Gasteiger partial charge in [-0.1, -0.05) is 31.2 Å². The Hall–Kier alpha value is -2.38. The first-order chi connectivity index (χ1) is 15.2. The highest BCUT2D eigenvalue weighted by molar-refractivity contribution is 5.86. The topological polar surface area (TPSA) is 79.3 Å². The van der Waals surface area contributed by atoms with Crippen LogP contribution in [0.4, 0.5) is 5.69 Å². The summed E-state index contributed by atoms with van der Waals surface area (Å²) in [7, 11) is 3.21. The summed E-state index contributed by atoms with van der Waals surface area (Å²) in [6, 6.07) is 5.75. The van der Waals surface area contributed by atoms with Gasteiger partial charge in [-0.2, -0.15) is 0 Å². The molecule has 7 nitrogen and oxygen atoms in total. The monoisotopic (exact) mass is 440 g/mol. The molecule has 0 bridgehead atoms. The van der Waals surface area contributed by atoms with Crippen molar-refractivity contribution in [1.82, 2.24) is 4.90 Å². The Morgan fingerprint density at radius 1 is 1.28 bits per heavy atom. The van der Waals surface area contributed by atoms with E-state index in [9.17, 15) is 14.7 Å². The van der Waals surface area contributed by atoms with E-state index < -0.39 is 40.5 Å². The highest BCUT2D eigenvalue weighted by atomic mass is 16.6. The number of hydrogen-bond acceptors (Lipinski definition) is 7. The number of benzene rings is 1. The molecule has 3 heterocycles. The number of anilines is 1. The predicted molar refractivity (Wildman–Crippen MR) is 119 cm³/mol. The van der Waals surface area contributed by atoms with E-state index in [0.717, 1.165) is 36.3 Å². The SMILES string of the molecule is CC[C@]12C=CCN3CC[C@@]4(c5ccc(C)cc5N(C)C4C(O)(C(=O)OC)[C@@H]1OC(C)=O)[C@@H]32. The Labute approximate surface area is 189 Å². The molecule has 1 saturated carbocycles. The van der Waals surface area contributed by atoms with E-state index in [1.54, 1.807) is 0 Å². The standard InChI is InChI=1S/C25H32N2O5/c1-6-23-10-7-12-27-13-11-24(19(23)27)17-9-8-15(2)14-18(17)26(4)20(24)25(30,22(29)31-5)21(23)32-16(3)28/h7-10,14,19-21,30H,6,11-13H2,1-5H3/t19-,20?,21+,23+,24+,25?/m0/s1. The second-order valence-electron chi connectivity index (χ2n) is 9.90. The number of ether oxygens (including phenoxy) is 2. The maximum Gasteiger partial charge on any atom is 0.344 e. The molecular weight excluding hydrogens is 408 g/mol. The average molecular weight is 441 g/mol. The summed E-state index contributed by atoms with van der Waals surface area (Å²) < 4.78 is 11.1. The molecule has 1 aliphatic carbocycles. The Morgan fingerprint density at radius 2 is 2.03 bits per heavy atom. The number of hydrogen-bond donors (Lipinski definition) is 1. The van der Waals surface area contributed by atoms with E-state index in [4.69, 9.17) is 9.47 Å². The lowest BCUT2D eigenvalue weighted by Crippen LogP contribution is -2.81. The zero-order valence-corrected chi connectivity index (χ0v) is 19.4. The van der Waals surface area contributed by atoms with Gasteiger partial charge in [-0.05, 0) is 43.5 Å². The second kappa shape index (κ2) is 6.81. The predicted octanol–water partition coefficient (Wildman–Crippen LogP) is 1.94. The van der Waals surface area contributed by atoms with Gasteiger partial charge in [0.25, 0.3) is 0 Å². The molecule has 7 heteroatoms. The Balaban J connectivity index is 1.88. The number of fused-ring (bicyclic) bond motifs is 1. The van der Waals surface area contributed by atoms with Crippen molar-refractivity contribution in [3.63, 3.8) is 0 Å². The van der Waals surface area contributed by atoms with Crippen molar-refractivity contribution in [1.29, 1.82) is 0 Å². The number of nitrogens with zero attached hydrogens (tertiary/aromatic N) is 2. The van der Waals surface area contributed by atoms with Crippen LogP contribution in [0.3, 0.4) is 0 Å². The largest absolute Gasteiger partial charge is 0.467 e. The molecule has 1 saturated heterocycles. The molecule has 0 amide bonds. The third-order valence-corrected chi connectivity index (χ3v) is 8.57. The molecule has 6 atom stereocenters. The average Bonchev–Trinajstić information content (AvgIpc) is 3.27. The van der Waals surface area contributed by atoms with Gasteiger partial charge in [-0.25, -0.2) is 4.79 Å². The maximum absolute atomic E-state index is 13.5. The number of carbonyl (C=O) groups excluding carboxylic acids is 2. The number of likely N-dealkylation sites (N-methyl/N-ethyl adjacent to an activating group) is 1. The van der Waals surface area contributed by atoms with Gasteiger partial charge in [-0.3, -0.25) is 9.69 Å². The number of aliphatic hydroxyl groups is 1. The minimum Gasteiger partial charge on any atom is -0.467 e. The quantitative estimate of drug-likeness (QED) is 0.568. The third-order valence-electron chi connectivity index (χ3n) is 8.57. The lowest BCUT2D eigenvalue weighted by Gasteiger charge is -2.63. The van der Waals surface area contributed by atoms with E-state index >= 15 is 0 Å². The van der Waals surface area contributed by atoms with Gasteiger partial charge in [0.1, 0.15) is 0 Å². The van der Waals surface area contributed by atoms with Crippen LogP contribution in [0.25, 0.3) is 0 Å². The first-order valence-electron chi connectivity index (χ1n) is 11.4. The van der Waals surface area contributed by atoms with Gasteiger partial charge in [0, 0.05) is 43.1 Å².